The third-order valence-corrected chi connectivity index (χ3v) is 9.98. The van der Waals surface area contributed by atoms with Crippen LogP contribution in [0.25, 0.3) is 0 Å². The Kier molecular flexibility index (Phi) is 11.5. The smallest absolute Gasteiger partial charge is 0.334 e. The third kappa shape index (κ3) is 8.31. The Morgan fingerprint density at radius 3 is 2.10 bits per heavy atom. The van der Waals surface area contributed by atoms with Crippen LogP contribution >= 0.6 is 7.60 Å². The molecular weight excluding hydrogens is 547 g/mol. The average molecular weight is 601 g/mol. The summed E-state index contributed by atoms with van der Waals surface area (Å²) < 4.78 is 24.2. The molecule has 12 heteroatoms. The van der Waals surface area contributed by atoms with Crippen molar-refractivity contribution in [3.63, 3.8) is 0 Å². The summed E-state index contributed by atoms with van der Waals surface area (Å²) in [5.74, 6) is -0.814. The van der Waals surface area contributed by atoms with Gasteiger partial charge in [0, 0.05) is 25.2 Å². The number of amides is 3. The molecule has 3 atom stereocenters. The van der Waals surface area contributed by atoms with Gasteiger partial charge in [0.2, 0.25) is 5.91 Å². The van der Waals surface area contributed by atoms with Crippen molar-refractivity contribution in [2.75, 3.05) is 39.0 Å². The van der Waals surface area contributed by atoms with E-state index in [2.05, 4.69) is 39.5 Å². The highest BCUT2D eigenvalue weighted by Gasteiger charge is 2.55. The fraction of sp³-hybridized carbons (Fsp3) is 0.897. The lowest BCUT2D eigenvalue weighted by atomic mass is 9.84. The van der Waals surface area contributed by atoms with Crippen LogP contribution in [0.3, 0.4) is 0 Å². The van der Waals surface area contributed by atoms with E-state index >= 15 is 0 Å². The van der Waals surface area contributed by atoms with Crippen LogP contribution in [0.1, 0.15) is 88.0 Å². The summed E-state index contributed by atoms with van der Waals surface area (Å²) >= 11 is 0. The lowest BCUT2D eigenvalue weighted by Gasteiger charge is -2.55. The van der Waals surface area contributed by atoms with Crippen LogP contribution in [0.5, 0.6) is 0 Å². The molecule has 3 rings (SSSR count). The number of piperidine rings is 1. The molecule has 0 aromatic carbocycles. The Hall–Kier alpha value is -1.52. The zero-order valence-corrected chi connectivity index (χ0v) is 27.5. The van der Waals surface area contributed by atoms with Gasteiger partial charge < -0.3 is 23.7 Å². The fourth-order valence-corrected chi connectivity index (χ4v) is 7.66. The highest BCUT2D eigenvalue weighted by molar-refractivity contribution is 7.54. The number of nitrogens with zero attached hydrogens (tertiary/aromatic N) is 4. The second-order valence-electron chi connectivity index (χ2n) is 13.4. The van der Waals surface area contributed by atoms with Crippen molar-refractivity contribution in [2.45, 2.75) is 118 Å². The van der Waals surface area contributed by atoms with E-state index in [0.29, 0.717) is 18.9 Å². The summed E-state index contributed by atoms with van der Waals surface area (Å²) in [6.45, 7) is 20.0. The molecule has 0 bridgehead atoms. The van der Waals surface area contributed by atoms with Crippen LogP contribution in [0.2, 0.25) is 0 Å². The minimum atomic E-state index is -3.73. The molecule has 0 saturated carbocycles. The topological polar surface area (TPSA) is 109 Å². The maximum atomic E-state index is 14.2. The van der Waals surface area contributed by atoms with E-state index in [1.165, 1.54) is 5.06 Å². The van der Waals surface area contributed by atoms with Gasteiger partial charge in [0.15, 0.2) is 12.3 Å². The van der Waals surface area contributed by atoms with Gasteiger partial charge in [-0.05, 0) is 64.7 Å². The molecule has 3 aliphatic rings. The molecule has 41 heavy (non-hydrogen) atoms. The lowest BCUT2D eigenvalue weighted by Crippen LogP contribution is -2.75. The quantitative estimate of drug-likeness (QED) is 0.326. The van der Waals surface area contributed by atoms with Crippen LogP contribution in [-0.2, 0) is 32.8 Å². The minimum absolute atomic E-state index is 0.000471. The Bertz CT molecular complexity index is 967. The maximum absolute atomic E-state index is 14.2. The molecule has 0 unspecified atom stereocenters. The summed E-state index contributed by atoms with van der Waals surface area (Å²) in [6, 6.07) is -0.303. The number of carbonyl (C=O) groups is 3. The van der Waals surface area contributed by atoms with E-state index in [1.807, 2.05) is 18.7 Å². The number of piperazine rings is 1. The summed E-state index contributed by atoms with van der Waals surface area (Å²) in [7, 11) is -3.73. The minimum Gasteiger partial charge on any atom is -0.334 e. The molecule has 0 radical (unpaired) electrons. The Morgan fingerprint density at radius 1 is 1.02 bits per heavy atom. The molecule has 236 valence electrons. The first-order valence-electron chi connectivity index (χ1n) is 15.3. The van der Waals surface area contributed by atoms with Crippen molar-refractivity contribution in [3.8, 4) is 0 Å². The van der Waals surface area contributed by atoms with Crippen molar-refractivity contribution >= 4 is 25.3 Å². The van der Waals surface area contributed by atoms with Crippen LogP contribution in [0.15, 0.2) is 0 Å². The van der Waals surface area contributed by atoms with Crippen molar-refractivity contribution < 1.29 is 32.8 Å². The number of hydrogen-bond acceptors (Lipinski definition) is 8. The number of hydroxylamine groups is 2. The van der Waals surface area contributed by atoms with E-state index in [-0.39, 0.29) is 48.9 Å². The zero-order valence-electron chi connectivity index (χ0n) is 26.6. The van der Waals surface area contributed by atoms with E-state index in [9.17, 15) is 18.9 Å². The molecule has 0 N–H and O–H groups in total. The van der Waals surface area contributed by atoms with E-state index in [4.69, 9.17) is 13.9 Å². The van der Waals surface area contributed by atoms with Gasteiger partial charge >= 0.3 is 7.60 Å². The molecule has 3 aliphatic heterocycles. The van der Waals surface area contributed by atoms with Crippen LogP contribution in [0, 0.1) is 11.3 Å². The number of fused-ring (bicyclic) bond motifs is 1. The van der Waals surface area contributed by atoms with Gasteiger partial charge in [-0.1, -0.05) is 34.6 Å². The molecule has 0 aromatic heterocycles. The van der Waals surface area contributed by atoms with Crippen molar-refractivity contribution in [2.24, 2.45) is 11.3 Å². The summed E-state index contributed by atoms with van der Waals surface area (Å²) in [4.78, 5) is 54.1. The fourth-order valence-electron chi connectivity index (χ4n) is 6.14. The molecule has 0 aliphatic carbocycles. The summed E-state index contributed by atoms with van der Waals surface area (Å²) in [6.07, 6.45) is 0.208. The van der Waals surface area contributed by atoms with Gasteiger partial charge in [-0.15, -0.1) is 0 Å². The van der Waals surface area contributed by atoms with Crippen molar-refractivity contribution in [1.29, 1.82) is 0 Å². The largest absolute Gasteiger partial charge is 0.340 e. The lowest BCUT2D eigenvalue weighted by molar-refractivity contribution is -0.277. The highest BCUT2D eigenvalue weighted by Crippen LogP contribution is 2.48. The predicted molar refractivity (Wildman–Crippen MR) is 157 cm³/mol. The van der Waals surface area contributed by atoms with Crippen molar-refractivity contribution in [1.82, 2.24) is 19.8 Å². The Morgan fingerprint density at radius 2 is 1.61 bits per heavy atom. The molecule has 3 fully saturated rings. The standard InChI is InChI=1S/C29H53N4O7P/c1-10-38-41(37,39-11-2)19-26(34)33-25-18-31(22-12-14-30(15-13-22)21(5)6)27(35)23(17-29(7,8)9)32(25)28(36)24(40-33)16-20(3)4/h20-25H,10-19H2,1-9H3/t23-,24+,25-/m0/s1. The highest BCUT2D eigenvalue weighted by atomic mass is 31.2. The van der Waals surface area contributed by atoms with Crippen LogP contribution in [0.4, 0.5) is 0 Å². The zero-order chi connectivity index (χ0) is 30.7. The van der Waals surface area contributed by atoms with Gasteiger partial charge in [0.05, 0.1) is 19.8 Å². The van der Waals surface area contributed by atoms with Gasteiger partial charge in [0.1, 0.15) is 12.2 Å². The second-order valence-corrected chi connectivity index (χ2v) is 15.5. The normalized spacial score (nSPS) is 25.4. The maximum Gasteiger partial charge on any atom is 0.340 e. The Labute approximate surface area is 246 Å². The first-order chi connectivity index (χ1) is 19.1. The number of rotatable bonds is 11. The van der Waals surface area contributed by atoms with E-state index in [0.717, 1.165) is 25.9 Å². The molecule has 0 aromatic rings. The van der Waals surface area contributed by atoms with Crippen LogP contribution in [-0.4, -0.2) is 107 Å². The van der Waals surface area contributed by atoms with Crippen LogP contribution < -0.4 is 0 Å². The summed E-state index contributed by atoms with van der Waals surface area (Å²) in [5.41, 5.74) is -0.254. The molecule has 3 amide bonds. The molecule has 3 heterocycles. The SMILES string of the molecule is CCOP(=O)(CC(=O)N1O[C@H](CC(C)C)C(=O)N2[C@@H]1CN(C1CCN(C(C)C)CC1)C(=O)[C@@H]2CC(C)(C)C)OCC. The van der Waals surface area contributed by atoms with Gasteiger partial charge in [-0.3, -0.25) is 23.8 Å². The number of hydrogen-bond donors (Lipinski definition) is 0. The van der Waals surface area contributed by atoms with E-state index < -0.39 is 38.0 Å². The van der Waals surface area contributed by atoms with Gasteiger partial charge in [-0.25, -0.2) is 0 Å². The molecular formula is C29H53N4O7P. The number of likely N-dealkylation sites (tertiary alicyclic amines) is 1. The second kappa shape index (κ2) is 13.8. The Balaban J connectivity index is 2.01. The van der Waals surface area contributed by atoms with E-state index in [1.54, 1.807) is 18.7 Å². The average Bonchev–Trinajstić information content (AvgIpc) is 2.86. The van der Waals surface area contributed by atoms with Gasteiger partial charge in [0.25, 0.3) is 11.8 Å². The first-order valence-corrected chi connectivity index (χ1v) is 17.1. The summed E-state index contributed by atoms with van der Waals surface area (Å²) in [5, 5.41) is 1.21. The predicted octanol–water partition coefficient (Wildman–Crippen LogP) is 4.12. The van der Waals surface area contributed by atoms with Crippen molar-refractivity contribution in [3.05, 3.63) is 0 Å². The van der Waals surface area contributed by atoms with Gasteiger partial charge in [-0.2, -0.15) is 5.06 Å². The molecule has 0 spiro atoms. The number of carbonyl (C=O) groups excluding carboxylic acids is 3. The third-order valence-electron chi connectivity index (χ3n) is 8.01. The molecule has 3 saturated heterocycles. The molecule has 11 nitrogen and oxygen atoms in total. The monoisotopic (exact) mass is 600 g/mol. The first kappa shape index (κ1) is 34.0.